The van der Waals surface area contributed by atoms with Gasteiger partial charge < -0.3 is 30.1 Å². The molecule has 1 fully saturated rings. The molecule has 3 aromatic rings. The minimum atomic E-state index is -0.781. The number of hydrogen-bond acceptors (Lipinski definition) is 5. The van der Waals surface area contributed by atoms with Crippen molar-refractivity contribution < 1.29 is 28.6 Å². The first kappa shape index (κ1) is 26.0. The van der Waals surface area contributed by atoms with Crippen LogP contribution in [0.3, 0.4) is 0 Å². The van der Waals surface area contributed by atoms with E-state index in [1.807, 2.05) is 0 Å². The smallest absolute Gasteiger partial charge is 0.321 e. The summed E-state index contributed by atoms with van der Waals surface area (Å²) in [6, 6.07) is 18.8. The van der Waals surface area contributed by atoms with Crippen LogP contribution in [-0.4, -0.2) is 54.3 Å². The number of methoxy groups -OCH3 is 1. The Balaban J connectivity index is 1.34. The number of ether oxygens (including phenoxy) is 2. The topological polar surface area (TPSA) is 100 Å². The molecule has 1 aliphatic heterocycles. The third-order valence-corrected chi connectivity index (χ3v) is 6.17. The maximum Gasteiger partial charge on any atom is 0.321 e. The number of nitrogens with one attached hydrogen (secondary N) is 2. The lowest BCUT2D eigenvalue weighted by atomic mass is 10.1. The molecule has 0 aromatic heterocycles. The van der Waals surface area contributed by atoms with E-state index in [0.29, 0.717) is 42.1 Å². The van der Waals surface area contributed by atoms with Crippen LogP contribution in [0.15, 0.2) is 72.8 Å². The lowest BCUT2D eigenvalue weighted by molar-refractivity contribution is 0.0811. The fourth-order valence-electron chi connectivity index (χ4n) is 4.07. The minimum Gasteiger partial charge on any atom is -0.497 e. The van der Waals surface area contributed by atoms with Gasteiger partial charge in [-0.15, -0.1) is 0 Å². The largest absolute Gasteiger partial charge is 0.497 e. The molecule has 2 atom stereocenters. The normalized spacial score (nSPS) is 17.4. The second-order valence-corrected chi connectivity index (χ2v) is 8.84. The molecule has 0 saturated carbocycles. The van der Waals surface area contributed by atoms with Crippen LogP contribution in [-0.2, 0) is 6.61 Å². The molecule has 1 aliphatic rings. The summed E-state index contributed by atoms with van der Waals surface area (Å²) in [5, 5.41) is 16.3. The van der Waals surface area contributed by atoms with Crippen LogP contribution in [0, 0.1) is 5.82 Å². The summed E-state index contributed by atoms with van der Waals surface area (Å²) in [4.78, 5) is 27.4. The van der Waals surface area contributed by atoms with E-state index in [1.165, 1.54) is 12.1 Å². The molecule has 8 nitrogen and oxygen atoms in total. The number of aliphatic hydroxyl groups excluding tert-OH is 1. The number of amides is 3. The molecule has 0 radical (unpaired) electrons. The number of anilines is 1. The average Bonchev–Trinajstić information content (AvgIpc) is 3.10. The molecule has 3 N–H and O–H groups in total. The van der Waals surface area contributed by atoms with E-state index in [1.54, 1.807) is 72.7 Å². The van der Waals surface area contributed by atoms with Gasteiger partial charge in [0.25, 0.3) is 5.91 Å². The van der Waals surface area contributed by atoms with Crippen molar-refractivity contribution in [2.24, 2.45) is 0 Å². The van der Waals surface area contributed by atoms with E-state index in [-0.39, 0.29) is 30.9 Å². The highest BCUT2D eigenvalue weighted by Crippen LogP contribution is 2.19. The Morgan fingerprint density at radius 3 is 2.54 bits per heavy atom. The van der Waals surface area contributed by atoms with Gasteiger partial charge in [-0.05, 0) is 66.9 Å². The van der Waals surface area contributed by atoms with Crippen molar-refractivity contribution in [2.45, 2.75) is 31.6 Å². The minimum absolute atomic E-state index is 0.168. The highest BCUT2D eigenvalue weighted by atomic mass is 19.1. The van der Waals surface area contributed by atoms with Crippen molar-refractivity contribution in [3.63, 3.8) is 0 Å². The van der Waals surface area contributed by atoms with Crippen LogP contribution in [0.5, 0.6) is 11.5 Å². The van der Waals surface area contributed by atoms with Gasteiger partial charge in [-0.2, -0.15) is 0 Å². The monoisotopic (exact) mass is 507 g/mol. The summed E-state index contributed by atoms with van der Waals surface area (Å²) in [5.74, 6) is 0.527. The molecule has 0 unspecified atom stereocenters. The lowest BCUT2D eigenvalue weighted by Crippen LogP contribution is -2.50. The van der Waals surface area contributed by atoms with Gasteiger partial charge in [0.05, 0.1) is 19.3 Å². The molecule has 4 rings (SSSR count). The van der Waals surface area contributed by atoms with Gasteiger partial charge in [-0.25, -0.2) is 9.18 Å². The van der Waals surface area contributed by atoms with Gasteiger partial charge in [0.2, 0.25) is 0 Å². The zero-order valence-corrected chi connectivity index (χ0v) is 20.5. The van der Waals surface area contributed by atoms with Crippen LogP contribution in [0.1, 0.15) is 28.8 Å². The number of benzene rings is 3. The zero-order valence-electron chi connectivity index (χ0n) is 20.5. The van der Waals surface area contributed by atoms with Gasteiger partial charge in [-0.3, -0.25) is 4.79 Å². The highest BCUT2D eigenvalue weighted by Gasteiger charge is 2.29. The fourth-order valence-corrected chi connectivity index (χ4v) is 4.07. The van der Waals surface area contributed by atoms with Crippen molar-refractivity contribution >= 4 is 17.6 Å². The number of rotatable bonds is 7. The van der Waals surface area contributed by atoms with Crippen molar-refractivity contribution in [3.05, 3.63) is 89.7 Å². The van der Waals surface area contributed by atoms with Crippen LogP contribution < -0.4 is 20.1 Å². The molecule has 1 saturated heterocycles. The number of aliphatic hydroxyl groups is 1. The number of carbonyl (C=O) groups excluding carboxylic acids is 2. The summed E-state index contributed by atoms with van der Waals surface area (Å²) in [6.07, 6.45) is 0.292. The quantitative estimate of drug-likeness (QED) is 0.445. The molecule has 0 spiro atoms. The number of likely N-dealkylation sites (tertiary alicyclic amines) is 1. The van der Waals surface area contributed by atoms with E-state index in [0.717, 1.165) is 5.56 Å². The van der Waals surface area contributed by atoms with Crippen molar-refractivity contribution in [1.82, 2.24) is 10.2 Å². The maximum absolute atomic E-state index is 13.0. The Labute approximate surface area is 215 Å². The molecule has 0 aliphatic carbocycles. The molecular formula is C28H30FN3O5. The molecule has 1 heterocycles. The van der Waals surface area contributed by atoms with E-state index in [4.69, 9.17) is 9.47 Å². The van der Waals surface area contributed by atoms with Gasteiger partial charge in [0, 0.05) is 30.4 Å². The molecule has 194 valence electrons. The van der Waals surface area contributed by atoms with Gasteiger partial charge >= 0.3 is 6.03 Å². The second-order valence-electron chi connectivity index (χ2n) is 8.84. The number of hydrogen-bond donors (Lipinski definition) is 3. The van der Waals surface area contributed by atoms with E-state index in [2.05, 4.69) is 10.6 Å². The molecule has 37 heavy (non-hydrogen) atoms. The standard InChI is InChI=1S/C28H30FN3O5/c1-36-24-5-2-4-22(16-24)30-28(35)32-15-3-6-26(33)25(17-32)31-27(34)20-9-13-23(14-10-20)37-18-19-7-11-21(29)12-8-19/h2,4-5,7-14,16,25-26,33H,3,6,15,17-18H2,1H3,(H,30,35)(H,31,34)/t25-,26-/m1/s1. The third-order valence-electron chi connectivity index (χ3n) is 6.17. The van der Waals surface area contributed by atoms with E-state index >= 15 is 0 Å². The van der Waals surface area contributed by atoms with E-state index < -0.39 is 12.1 Å². The molecule has 3 amide bonds. The van der Waals surface area contributed by atoms with Crippen molar-refractivity contribution in [2.75, 3.05) is 25.5 Å². The number of urea groups is 1. The number of nitrogens with zero attached hydrogens (tertiary/aromatic N) is 1. The van der Waals surface area contributed by atoms with Crippen LogP contribution in [0.2, 0.25) is 0 Å². The van der Waals surface area contributed by atoms with Gasteiger partial charge in [0.15, 0.2) is 0 Å². The lowest BCUT2D eigenvalue weighted by Gasteiger charge is -2.27. The number of carbonyl (C=O) groups is 2. The Hall–Kier alpha value is -4.11. The van der Waals surface area contributed by atoms with Gasteiger partial charge in [-0.1, -0.05) is 18.2 Å². The summed E-state index contributed by atoms with van der Waals surface area (Å²) in [7, 11) is 1.55. The van der Waals surface area contributed by atoms with Crippen LogP contribution >= 0.6 is 0 Å². The first-order valence-electron chi connectivity index (χ1n) is 12.1. The predicted octanol–water partition coefficient (Wildman–Crippen LogP) is 4.20. The Morgan fingerprint density at radius 2 is 1.81 bits per heavy atom. The van der Waals surface area contributed by atoms with Gasteiger partial charge in [0.1, 0.15) is 23.9 Å². The second kappa shape index (κ2) is 12.2. The first-order valence-corrected chi connectivity index (χ1v) is 12.1. The highest BCUT2D eigenvalue weighted by molar-refractivity contribution is 5.94. The Kier molecular flexibility index (Phi) is 8.58. The van der Waals surface area contributed by atoms with Crippen LogP contribution in [0.25, 0.3) is 0 Å². The third kappa shape index (κ3) is 7.20. The fraction of sp³-hybridized carbons (Fsp3) is 0.286. The predicted molar refractivity (Wildman–Crippen MR) is 137 cm³/mol. The van der Waals surface area contributed by atoms with Crippen molar-refractivity contribution in [3.8, 4) is 11.5 Å². The average molecular weight is 508 g/mol. The Bertz CT molecular complexity index is 1200. The molecule has 0 bridgehead atoms. The summed E-state index contributed by atoms with van der Waals surface area (Å²) in [5.41, 5.74) is 1.82. The first-order chi connectivity index (χ1) is 17.9. The molecule has 9 heteroatoms. The SMILES string of the molecule is COc1cccc(NC(=O)N2CCC[C@@H](O)[C@H](NC(=O)c3ccc(OCc4ccc(F)cc4)cc3)C2)c1. The Morgan fingerprint density at radius 1 is 1.05 bits per heavy atom. The van der Waals surface area contributed by atoms with E-state index in [9.17, 15) is 19.1 Å². The number of halogens is 1. The molecular weight excluding hydrogens is 477 g/mol. The van der Waals surface area contributed by atoms with Crippen molar-refractivity contribution in [1.29, 1.82) is 0 Å². The zero-order chi connectivity index (χ0) is 26.2. The summed E-state index contributed by atoms with van der Waals surface area (Å²) >= 11 is 0. The summed E-state index contributed by atoms with van der Waals surface area (Å²) < 4.78 is 23.9. The summed E-state index contributed by atoms with van der Waals surface area (Å²) in [6.45, 7) is 0.897. The maximum atomic E-state index is 13.0. The molecule has 3 aromatic carbocycles. The van der Waals surface area contributed by atoms with Crippen LogP contribution in [0.4, 0.5) is 14.9 Å².